The molecule has 118 valence electrons. The minimum Gasteiger partial charge on any atom is -0.489 e. The number of hydrazine groups is 1. The number of aryl methyl sites for hydroxylation is 3. The van der Waals surface area contributed by atoms with Crippen molar-refractivity contribution < 1.29 is 4.74 Å². The summed E-state index contributed by atoms with van der Waals surface area (Å²) < 4.78 is 6.12. The van der Waals surface area contributed by atoms with Crippen LogP contribution < -0.4 is 15.6 Å². The molecule has 0 aliphatic rings. The van der Waals surface area contributed by atoms with E-state index >= 15 is 0 Å². The lowest BCUT2D eigenvalue weighted by molar-refractivity contribution is 0.302. The van der Waals surface area contributed by atoms with Gasteiger partial charge in [0.1, 0.15) is 12.4 Å². The van der Waals surface area contributed by atoms with Gasteiger partial charge in [0.05, 0.1) is 5.69 Å². The van der Waals surface area contributed by atoms with Crippen LogP contribution in [0.3, 0.4) is 0 Å². The molecule has 0 aliphatic carbocycles. The molecule has 0 amide bonds. The SMILES string of the molecule is CCc1cc(C)ccc1OCc1c(CC)cccc1N(C)N. The van der Waals surface area contributed by atoms with Gasteiger partial charge in [0.25, 0.3) is 0 Å². The predicted molar refractivity (Wildman–Crippen MR) is 93.3 cm³/mol. The average molecular weight is 298 g/mol. The first-order valence-electron chi connectivity index (χ1n) is 7.88. The van der Waals surface area contributed by atoms with Gasteiger partial charge < -0.3 is 9.75 Å². The standard InChI is InChI=1S/C19H26N2O/c1-5-15-8-7-9-18(21(4)20)17(15)13-22-19-11-10-14(3)12-16(19)6-2/h7-12H,5-6,13,20H2,1-4H3. The first kappa shape index (κ1) is 16.4. The highest BCUT2D eigenvalue weighted by Crippen LogP contribution is 2.26. The van der Waals surface area contributed by atoms with Crippen molar-refractivity contribution in [3.8, 4) is 5.75 Å². The first-order valence-corrected chi connectivity index (χ1v) is 7.88. The Morgan fingerprint density at radius 1 is 1.05 bits per heavy atom. The zero-order valence-corrected chi connectivity index (χ0v) is 14.0. The monoisotopic (exact) mass is 298 g/mol. The molecule has 0 atom stereocenters. The number of hydrogen-bond donors (Lipinski definition) is 1. The van der Waals surface area contributed by atoms with Gasteiger partial charge in [-0.15, -0.1) is 0 Å². The van der Waals surface area contributed by atoms with E-state index in [2.05, 4.69) is 45.0 Å². The van der Waals surface area contributed by atoms with Gasteiger partial charge in [0, 0.05) is 12.6 Å². The van der Waals surface area contributed by atoms with Crippen LogP contribution >= 0.6 is 0 Å². The minimum atomic E-state index is 0.539. The van der Waals surface area contributed by atoms with E-state index in [1.165, 1.54) is 16.7 Å². The van der Waals surface area contributed by atoms with Crippen LogP contribution in [0.2, 0.25) is 0 Å². The largest absolute Gasteiger partial charge is 0.489 e. The summed E-state index contributed by atoms with van der Waals surface area (Å²) >= 11 is 0. The van der Waals surface area contributed by atoms with Crippen molar-refractivity contribution in [2.24, 2.45) is 5.84 Å². The number of hydrogen-bond acceptors (Lipinski definition) is 3. The molecule has 0 bridgehead atoms. The van der Waals surface area contributed by atoms with E-state index in [0.717, 1.165) is 29.8 Å². The van der Waals surface area contributed by atoms with Gasteiger partial charge in [0.2, 0.25) is 0 Å². The lowest BCUT2D eigenvalue weighted by Gasteiger charge is -2.20. The third-order valence-corrected chi connectivity index (χ3v) is 3.98. The summed E-state index contributed by atoms with van der Waals surface area (Å²) in [6, 6.07) is 12.6. The zero-order chi connectivity index (χ0) is 16.1. The maximum Gasteiger partial charge on any atom is 0.123 e. The molecule has 0 aromatic heterocycles. The number of anilines is 1. The van der Waals surface area contributed by atoms with Crippen molar-refractivity contribution in [2.45, 2.75) is 40.2 Å². The zero-order valence-electron chi connectivity index (χ0n) is 14.0. The normalized spacial score (nSPS) is 10.6. The molecule has 0 radical (unpaired) electrons. The Balaban J connectivity index is 2.28. The lowest BCUT2D eigenvalue weighted by Crippen LogP contribution is -2.27. The van der Waals surface area contributed by atoms with Crippen LogP contribution in [-0.2, 0) is 19.4 Å². The van der Waals surface area contributed by atoms with E-state index in [0.29, 0.717) is 6.61 Å². The number of benzene rings is 2. The smallest absolute Gasteiger partial charge is 0.123 e. The molecule has 0 aliphatic heterocycles. The van der Waals surface area contributed by atoms with Gasteiger partial charge in [-0.25, -0.2) is 5.84 Å². The highest BCUT2D eigenvalue weighted by atomic mass is 16.5. The van der Waals surface area contributed by atoms with E-state index < -0.39 is 0 Å². The van der Waals surface area contributed by atoms with E-state index in [9.17, 15) is 0 Å². The highest BCUT2D eigenvalue weighted by molar-refractivity contribution is 5.55. The summed E-state index contributed by atoms with van der Waals surface area (Å²) in [7, 11) is 1.86. The number of ether oxygens (including phenoxy) is 1. The van der Waals surface area contributed by atoms with Crippen LogP contribution in [0.5, 0.6) is 5.75 Å². The molecule has 0 heterocycles. The molecular formula is C19H26N2O. The molecule has 3 heteroatoms. The van der Waals surface area contributed by atoms with Crippen LogP contribution in [-0.4, -0.2) is 7.05 Å². The molecular weight excluding hydrogens is 272 g/mol. The minimum absolute atomic E-state index is 0.539. The Bertz CT molecular complexity index is 635. The van der Waals surface area contributed by atoms with Gasteiger partial charge in [-0.1, -0.05) is 43.7 Å². The van der Waals surface area contributed by atoms with Crippen LogP contribution in [0.4, 0.5) is 5.69 Å². The second kappa shape index (κ2) is 7.32. The average Bonchev–Trinajstić information content (AvgIpc) is 2.52. The van der Waals surface area contributed by atoms with Gasteiger partial charge in [-0.05, 0) is 43.0 Å². The Morgan fingerprint density at radius 2 is 1.77 bits per heavy atom. The van der Waals surface area contributed by atoms with Crippen LogP contribution in [0, 0.1) is 6.92 Å². The van der Waals surface area contributed by atoms with Crippen molar-refractivity contribution >= 4 is 5.69 Å². The fraction of sp³-hybridized carbons (Fsp3) is 0.368. The summed E-state index contributed by atoms with van der Waals surface area (Å²) in [5.74, 6) is 6.92. The lowest BCUT2D eigenvalue weighted by atomic mass is 10.0. The van der Waals surface area contributed by atoms with Crippen LogP contribution in [0.15, 0.2) is 36.4 Å². The molecule has 2 N–H and O–H groups in total. The van der Waals surface area contributed by atoms with Crippen molar-refractivity contribution in [1.82, 2.24) is 0 Å². The third-order valence-electron chi connectivity index (χ3n) is 3.98. The second-order valence-corrected chi connectivity index (χ2v) is 5.63. The molecule has 2 rings (SSSR count). The summed E-state index contributed by atoms with van der Waals surface area (Å²) in [4.78, 5) is 0. The molecule has 2 aromatic rings. The van der Waals surface area contributed by atoms with E-state index in [4.69, 9.17) is 10.6 Å². The number of nitrogens with two attached hydrogens (primary N) is 1. The third kappa shape index (κ3) is 3.60. The molecule has 0 spiro atoms. The van der Waals surface area contributed by atoms with Crippen LogP contribution in [0.25, 0.3) is 0 Å². The summed E-state index contributed by atoms with van der Waals surface area (Å²) in [6.07, 6.45) is 1.94. The maximum absolute atomic E-state index is 6.12. The van der Waals surface area contributed by atoms with E-state index in [1.54, 1.807) is 5.01 Å². The Labute approximate surface area is 133 Å². The Hall–Kier alpha value is -2.00. The Morgan fingerprint density at radius 3 is 2.41 bits per heavy atom. The van der Waals surface area contributed by atoms with Crippen molar-refractivity contribution in [1.29, 1.82) is 0 Å². The number of rotatable bonds is 6. The van der Waals surface area contributed by atoms with Crippen molar-refractivity contribution in [3.05, 3.63) is 58.7 Å². The quantitative estimate of drug-likeness (QED) is 0.647. The fourth-order valence-corrected chi connectivity index (χ4v) is 2.72. The molecule has 3 nitrogen and oxygen atoms in total. The van der Waals surface area contributed by atoms with Gasteiger partial charge in [-0.3, -0.25) is 0 Å². The van der Waals surface area contributed by atoms with Gasteiger partial charge >= 0.3 is 0 Å². The van der Waals surface area contributed by atoms with Gasteiger partial charge in [0.15, 0.2) is 0 Å². The molecule has 0 saturated carbocycles. The van der Waals surface area contributed by atoms with E-state index in [-0.39, 0.29) is 0 Å². The Kier molecular flexibility index (Phi) is 5.45. The summed E-state index contributed by atoms with van der Waals surface area (Å²) in [5, 5.41) is 1.66. The van der Waals surface area contributed by atoms with E-state index in [1.807, 2.05) is 19.2 Å². The highest BCUT2D eigenvalue weighted by Gasteiger charge is 2.11. The van der Waals surface area contributed by atoms with Crippen molar-refractivity contribution in [3.63, 3.8) is 0 Å². The topological polar surface area (TPSA) is 38.5 Å². The molecule has 0 unspecified atom stereocenters. The summed E-state index contributed by atoms with van der Waals surface area (Å²) in [5.41, 5.74) is 5.97. The molecule has 0 saturated heterocycles. The fourth-order valence-electron chi connectivity index (χ4n) is 2.72. The molecule has 2 aromatic carbocycles. The molecule has 0 fully saturated rings. The predicted octanol–water partition coefficient (Wildman–Crippen LogP) is 4.01. The molecule has 22 heavy (non-hydrogen) atoms. The summed E-state index contributed by atoms with van der Waals surface area (Å²) in [6.45, 7) is 6.96. The van der Waals surface area contributed by atoms with Crippen molar-refractivity contribution in [2.75, 3.05) is 12.1 Å². The maximum atomic E-state index is 6.12. The van der Waals surface area contributed by atoms with Crippen LogP contribution in [0.1, 0.15) is 36.1 Å². The van der Waals surface area contributed by atoms with Gasteiger partial charge in [-0.2, -0.15) is 0 Å². The number of nitrogens with zero attached hydrogens (tertiary/aromatic N) is 1. The second-order valence-electron chi connectivity index (χ2n) is 5.63. The first-order chi connectivity index (χ1) is 10.6.